The maximum atomic E-state index is 13.2. The van der Waals surface area contributed by atoms with E-state index < -0.39 is 0 Å². The van der Waals surface area contributed by atoms with Crippen LogP contribution in [-0.4, -0.2) is 69.8 Å². The summed E-state index contributed by atoms with van der Waals surface area (Å²) in [5.74, 6) is 2.39. The Morgan fingerprint density at radius 2 is 1.71 bits per heavy atom. The molecule has 0 saturated carbocycles. The number of carbonyl (C=O) groups excluding carboxylic acids is 1. The third kappa shape index (κ3) is 3.71. The number of piperazine rings is 1. The molecule has 3 aromatic rings. The third-order valence-electron chi connectivity index (χ3n) is 6.63. The van der Waals surface area contributed by atoms with E-state index in [1.165, 1.54) is 0 Å². The van der Waals surface area contributed by atoms with Crippen LogP contribution in [0, 0.1) is 12.8 Å². The lowest BCUT2D eigenvalue weighted by Gasteiger charge is -2.39. The van der Waals surface area contributed by atoms with Gasteiger partial charge in [-0.3, -0.25) is 9.48 Å². The standard InChI is InChI=1S/C23H29N7O/c1-17-19-6-10-25-22(21(19)27(2)26-17)29-11-7-18(8-12-29)23(31)30-15-13-28(14-16-30)20-5-3-4-9-24-20/h3-6,9-10,18H,7-8,11-16H2,1-2H3. The van der Waals surface area contributed by atoms with Crippen molar-refractivity contribution in [1.29, 1.82) is 0 Å². The molecule has 2 saturated heterocycles. The lowest BCUT2D eigenvalue weighted by molar-refractivity contribution is -0.136. The number of carbonyl (C=O) groups is 1. The van der Waals surface area contributed by atoms with Crippen molar-refractivity contribution in [2.75, 3.05) is 49.1 Å². The molecule has 31 heavy (non-hydrogen) atoms. The fraction of sp³-hybridized carbons (Fsp3) is 0.478. The lowest BCUT2D eigenvalue weighted by Crippen LogP contribution is -2.52. The Kier molecular flexibility index (Phi) is 5.21. The topological polar surface area (TPSA) is 70.4 Å². The summed E-state index contributed by atoms with van der Waals surface area (Å²) >= 11 is 0. The van der Waals surface area contributed by atoms with E-state index in [2.05, 4.69) is 24.9 Å². The number of piperidine rings is 1. The van der Waals surface area contributed by atoms with Gasteiger partial charge in [-0.15, -0.1) is 0 Å². The summed E-state index contributed by atoms with van der Waals surface area (Å²) in [6.07, 6.45) is 5.43. The van der Waals surface area contributed by atoms with E-state index in [4.69, 9.17) is 0 Å². The molecule has 5 rings (SSSR count). The molecule has 162 valence electrons. The summed E-state index contributed by atoms with van der Waals surface area (Å²) in [4.78, 5) is 28.9. The Morgan fingerprint density at radius 3 is 2.42 bits per heavy atom. The van der Waals surface area contributed by atoms with Gasteiger partial charge in [0.2, 0.25) is 5.91 Å². The Labute approximate surface area is 182 Å². The number of aryl methyl sites for hydroxylation is 2. The van der Waals surface area contributed by atoms with Crippen LogP contribution in [-0.2, 0) is 11.8 Å². The van der Waals surface area contributed by atoms with Crippen molar-refractivity contribution in [2.45, 2.75) is 19.8 Å². The molecule has 0 spiro atoms. The molecule has 3 aromatic heterocycles. The first kappa shape index (κ1) is 19.8. The summed E-state index contributed by atoms with van der Waals surface area (Å²) in [6, 6.07) is 8.00. The lowest BCUT2D eigenvalue weighted by atomic mass is 9.94. The molecule has 8 nitrogen and oxygen atoms in total. The van der Waals surface area contributed by atoms with Gasteiger partial charge in [-0.25, -0.2) is 9.97 Å². The number of anilines is 2. The van der Waals surface area contributed by atoms with E-state index in [1.807, 2.05) is 60.2 Å². The normalized spacial score (nSPS) is 18.1. The van der Waals surface area contributed by atoms with Gasteiger partial charge in [-0.2, -0.15) is 5.10 Å². The van der Waals surface area contributed by atoms with Crippen molar-refractivity contribution < 1.29 is 4.79 Å². The summed E-state index contributed by atoms with van der Waals surface area (Å²) < 4.78 is 1.92. The average molecular weight is 420 g/mol. The van der Waals surface area contributed by atoms with E-state index in [0.29, 0.717) is 5.91 Å². The maximum Gasteiger partial charge on any atom is 0.225 e. The van der Waals surface area contributed by atoms with Crippen molar-refractivity contribution in [3.8, 4) is 0 Å². The molecule has 1 amide bonds. The summed E-state index contributed by atoms with van der Waals surface area (Å²) in [5.41, 5.74) is 2.10. The molecule has 2 aliphatic rings. The van der Waals surface area contributed by atoms with Crippen LogP contribution < -0.4 is 9.80 Å². The molecule has 2 aliphatic heterocycles. The zero-order valence-corrected chi connectivity index (χ0v) is 18.2. The smallest absolute Gasteiger partial charge is 0.225 e. The van der Waals surface area contributed by atoms with E-state index in [-0.39, 0.29) is 5.92 Å². The summed E-state index contributed by atoms with van der Waals surface area (Å²) in [7, 11) is 1.97. The van der Waals surface area contributed by atoms with Crippen LogP contribution in [0.15, 0.2) is 36.7 Å². The van der Waals surface area contributed by atoms with Gasteiger partial charge in [0, 0.05) is 70.0 Å². The first-order chi connectivity index (χ1) is 15.1. The van der Waals surface area contributed by atoms with Crippen LogP contribution >= 0.6 is 0 Å². The second-order valence-electron chi connectivity index (χ2n) is 8.50. The zero-order valence-electron chi connectivity index (χ0n) is 18.2. The van der Waals surface area contributed by atoms with Gasteiger partial charge in [-0.1, -0.05) is 6.07 Å². The zero-order chi connectivity index (χ0) is 21.4. The highest BCUT2D eigenvalue weighted by molar-refractivity contribution is 5.91. The molecule has 0 aromatic carbocycles. The molecular formula is C23H29N7O. The van der Waals surface area contributed by atoms with Crippen LogP contribution in [0.5, 0.6) is 0 Å². The second-order valence-corrected chi connectivity index (χ2v) is 8.50. The van der Waals surface area contributed by atoms with Gasteiger partial charge in [0.05, 0.1) is 5.69 Å². The number of nitrogens with zero attached hydrogens (tertiary/aromatic N) is 7. The minimum atomic E-state index is 0.102. The first-order valence-electron chi connectivity index (χ1n) is 11.1. The van der Waals surface area contributed by atoms with Gasteiger partial charge in [-0.05, 0) is 38.0 Å². The highest BCUT2D eigenvalue weighted by Gasteiger charge is 2.31. The maximum absolute atomic E-state index is 13.2. The van der Waals surface area contributed by atoms with Crippen molar-refractivity contribution in [3.05, 3.63) is 42.4 Å². The van der Waals surface area contributed by atoms with Crippen molar-refractivity contribution in [2.24, 2.45) is 13.0 Å². The fourth-order valence-electron chi connectivity index (χ4n) is 4.91. The molecule has 0 aliphatic carbocycles. The third-order valence-corrected chi connectivity index (χ3v) is 6.63. The number of amides is 1. The SMILES string of the molecule is Cc1nn(C)c2c(N3CCC(C(=O)N4CCN(c5ccccn5)CC4)CC3)nccc12. The van der Waals surface area contributed by atoms with Gasteiger partial charge >= 0.3 is 0 Å². The molecule has 0 N–H and O–H groups in total. The number of hydrogen-bond donors (Lipinski definition) is 0. The quantitative estimate of drug-likeness (QED) is 0.649. The molecule has 0 bridgehead atoms. The highest BCUT2D eigenvalue weighted by atomic mass is 16.2. The predicted octanol–water partition coefficient (Wildman–Crippen LogP) is 2.24. The molecule has 0 radical (unpaired) electrons. The number of fused-ring (bicyclic) bond motifs is 1. The number of aromatic nitrogens is 4. The number of hydrogen-bond acceptors (Lipinski definition) is 6. The fourth-order valence-corrected chi connectivity index (χ4v) is 4.91. The van der Waals surface area contributed by atoms with Crippen molar-refractivity contribution in [1.82, 2.24) is 24.6 Å². The van der Waals surface area contributed by atoms with Crippen LogP contribution in [0.1, 0.15) is 18.5 Å². The summed E-state index contributed by atoms with van der Waals surface area (Å²) in [5, 5.41) is 5.71. The molecule has 0 atom stereocenters. The van der Waals surface area contributed by atoms with E-state index >= 15 is 0 Å². The van der Waals surface area contributed by atoms with Gasteiger partial charge < -0.3 is 14.7 Å². The Balaban J connectivity index is 1.20. The first-order valence-corrected chi connectivity index (χ1v) is 11.1. The highest BCUT2D eigenvalue weighted by Crippen LogP contribution is 2.30. The van der Waals surface area contributed by atoms with Crippen LogP contribution in [0.4, 0.5) is 11.6 Å². The van der Waals surface area contributed by atoms with Gasteiger partial charge in [0.1, 0.15) is 11.3 Å². The van der Waals surface area contributed by atoms with Gasteiger partial charge in [0.15, 0.2) is 5.82 Å². The van der Waals surface area contributed by atoms with E-state index in [1.54, 1.807) is 0 Å². The molecule has 5 heterocycles. The average Bonchev–Trinajstić information content (AvgIpc) is 3.13. The molecular weight excluding hydrogens is 390 g/mol. The molecule has 8 heteroatoms. The number of pyridine rings is 2. The Bertz CT molecular complexity index is 1060. The monoisotopic (exact) mass is 419 g/mol. The largest absolute Gasteiger partial charge is 0.355 e. The van der Waals surface area contributed by atoms with Gasteiger partial charge in [0.25, 0.3) is 0 Å². The number of rotatable bonds is 3. The molecule has 0 unspecified atom stereocenters. The van der Waals surface area contributed by atoms with Crippen molar-refractivity contribution >= 4 is 28.4 Å². The van der Waals surface area contributed by atoms with E-state index in [0.717, 1.165) is 80.3 Å². The van der Waals surface area contributed by atoms with E-state index in [9.17, 15) is 4.79 Å². The Morgan fingerprint density at radius 1 is 0.935 bits per heavy atom. The van der Waals surface area contributed by atoms with Crippen LogP contribution in [0.3, 0.4) is 0 Å². The minimum absolute atomic E-state index is 0.102. The minimum Gasteiger partial charge on any atom is -0.355 e. The summed E-state index contributed by atoms with van der Waals surface area (Å²) in [6.45, 7) is 6.95. The Hall–Kier alpha value is -3.16. The van der Waals surface area contributed by atoms with Crippen LogP contribution in [0.25, 0.3) is 10.9 Å². The van der Waals surface area contributed by atoms with Crippen LogP contribution in [0.2, 0.25) is 0 Å². The second kappa shape index (κ2) is 8.17. The van der Waals surface area contributed by atoms with Crippen molar-refractivity contribution in [3.63, 3.8) is 0 Å². The molecule has 2 fully saturated rings. The predicted molar refractivity (Wildman–Crippen MR) is 121 cm³/mol.